The largest absolute Gasteiger partial charge is 0.345 e. The molecule has 4 heteroatoms. The lowest BCUT2D eigenvalue weighted by molar-refractivity contribution is -0.132. The first-order valence-electron chi connectivity index (χ1n) is 6.02. The summed E-state index contributed by atoms with van der Waals surface area (Å²) in [5, 5.41) is 6.00. The fourth-order valence-corrected chi connectivity index (χ4v) is 1.99. The van der Waals surface area contributed by atoms with Crippen LogP contribution < -0.4 is 10.6 Å². The summed E-state index contributed by atoms with van der Waals surface area (Å²) in [6.07, 6.45) is 1.49. The minimum Gasteiger partial charge on any atom is -0.345 e. The number of nitrogens with one attached hydrogen (secondary N) is 2. The van der Waals surface area contributed by atoms with Crippen LogP contribution in [0.2, 0.25) is 0 Å². The van der Waals surface area contributed by atoms with Crippen LogP contribution >= 0.6 is 0 Å². The summed E-state index contributed by atoms with van der Waals surface area (Å²) in [5.41, 5.74) is 0. The van der Waals surface area contributed by atoms with Crippen molar-refractivity contribution >= 4 is 11.7 Å². The Labute approximate surface area is 97.2 Å². The third-order valence-electron chi connectivity index (χ3n) is 2.82. The second kappa shape index (κ2) is 5.43. The number of amides is 1. The fraction of sp³-hybridized carbons (Fsp3) is 0.833. The Bertz CT molecular complexity index is 274. The van der Waals surface area contributed by atoms with E-state index >= 15 is 0 Å². The van der Waals surface area contributed by atoms with Gasteiger partial charge in [-0.05, 0) is 12.8 Å². The SMILES string of the molecule is CC(C)NC1CCC(C(=O)C(C)C)NC1=O. The molecule has 92 valence electrons. The molecule has 4 nitrogen and oxygen atoms in total. The molecule has 1 rings (SSSR count). The molecule has 1 aliphatic rings. The molecule has 0 aromatic carbocycles. The van der Waals surface area contributed by atoms with Crippen LogP contribution in [-0.2, 0) is 9.59 Å². The van der Waals surface area contributed by atoms with Gasteiger partial charge in [0.15, 0.2) is 5.78 Å². The van der Waals surface area contributed by atoms with Crippen LogP contribution in [0.4, 0.5) is 0 Å². The minimum atomic E-state index is -0.280. The molecule has 2 N–H and O–H groups in total. The zero-order valence-electron chi connectivity index (χ0n) is 10.5. The van der Waals surface area contributed by atoms with Crippen LogP contribution in [0.25, 0.3) is 0 Å². The Balaban J connectivity index is 2.52. The molecular formula is C12H22N2O2. The molecule has 1 fully saturated rings. The first kappa shape index (κ1) is 13.2. The van der Waals surface area contributed by atoms with Crippen molar-refractivity contribution in [2.75, 3.05) is 0 Å². The van der Waals surface area contributed by atoms with Crippen molar-refractivity contribution in [3.05, 3.63) is 0 Å². The Hall–Kier alpha value is -0.900. The maximum Gasteiger partial charge on any atom is 0.237 e. The van der Waals surface area contributed by atoms with Gasteiger partial charge in [0, 0.05) is 12.0 Å². The third-order valence-corrected chi connectivity index (χ3v) is 2.82. The molecule has 0 aromatic rings. The van der Waals surface area contributed by atoms with Crippen molar-refractivity contribution in [1.82, 2.24) is 10.6 Å². The minimum absolute atomic E-state index is 0.0140. The summed E-state index contributed by atoms with van der Waals surface area (Å²) < 4.78 is 0. The zero-order valence-corrected chi connectivity index (χ0v) is 10.5. The van der Waals surface area contributed by atoms with Crippen molar-refractivity contribution in [3.63, 3.8) is 0 Å². The van der Waals surface area contributed by atoms with E-state index in [0.717, 1.165) is 12.8 Å². The molecule has 0 saturated carbocycles. The normalized spacial score (nSPS) is 26.0. The van der Waals surface area contributed by atoms with Gasteiger partial charge in [0.25, 0.3) is 0 Å². The molecular weight excluding hydrogens is 204 g/mol. The predicted molar refractivity (Wildman–Crippen MR) is 63.1 cm³/mol. The van der Waals surface area contributed by atoms with E-state index in [2.05, 4.69) is 10.6 Å². The molecule has 2 atom stereocenters. The Morgan fingerprint density at radius 1 is 1.31 bits per heavy atom. The summed E-state index contributed by atoms with van der Waals surface area (Å²) in [4.78, 5) is 23.5. The Morgan fingerprint density at radius 2 is 1.94 bits per heavy atom. The number of ketones is 1. The first-order valence-corrected chi connectivity index (χ1v) is 6.02. The summed E-state index contributed by atoms with van der Waals surface area (Å²) in [6.45, 7) is 7.76. The number of Topliss-reactive ketones (excluding diaryl/α,β-unsaturated/α-hetero) is 1. The Kier molecular flexibility index (Phi) is 4.47. The zero-order chi connectivity index (χ0) is 12.3. The second-order valence-electron chi connectivity index (χ2n) is 5.07. The fourth-order valence-electron chi connectivity index (χ4n) is 1.99. The van der Waals surface area contributed by atoms with E-state index in [-0.39, 0.29) is 35.7 Å². The van der Waals surface area contributed by atoms with Crippen LogP contribution in [0, 0.1) is 5.92 Å². The molecule has 16 heavy (non-hydrogen) atoms. The molecule has 0 radical (unpaired) electrons. The van der Waals surface area contributed by atoms with Crippen LogP contribution in [0.3, 0.4) is 0 Å². The summed E-state index contributed by atoms with van der Waals surface area (Å²) in [6, 6.07) is -0.137. The number of carbonyl (C=O) groups excluding carboxylic acids is 2. The summed E-state index contributed by atoms with van der Waals surface area (Å²) >= 11 is 0. The van der Waals surface area contributed by atoms with Crippen LogP contribution in [0.15, 0.2) is 0 Å². The van der Waals surface area contributed by atoms with Gasteiger partial charge in [0.1, 0.15) is 0 Å². The number of carbonyl (C=O) groups is 2. The van der Waals surface area contributed by atoms with Gasteiger partial charge in [-0.1, -0.05) is 27.7 Å². The molecule has 1 aliphatic heterocycles. The van der Waals surface area contributed by atoms with E-state index < -0.39 is 0 Å². The molecule has 0 bridgehead atoms. The monoisotopic (exact) mass is 226 g/mol. The van der Waals surface area contributed by atoms with Gasteiger partial charge in [-0.15, -0.1) is 0 Å². The molecule has 0 aromatic heterocycles. The lowest BCUT2D eigenvalue weighted by Gasteiger charge is -2.30. The highest BCUT2D eigenvalue weighted by atomic mass is 16.2. The van der Waals surface area contributed by atoms with Crippen molar-refractivity contribution in [1.29, 1.82) is 0 Å². The number of piperidine rings is 1. The lowest BCUT2D eigenvalue weighted by atomic mass is 9.92. The quantitative estimate of drug-likeness (QED) is 0.747. The maximum absolute atomic E-state index is 11.7. The van der Waals surface area contributed by atoms with Crippen molar-refractivity contribution < 1.29 is 9.59 Å². The number of rotatable bonds is 4. The number of hydrogen-bond acceptors (Lipinski definition) is 3. The summed E-state index contributed by atoms with van der Waals surface area (Å²) in [7, 11) is 0. The van der Waals surface area contributed by atoms with E-state index in [4.69, 9.17) is 0 Å². The molecule has 1 heterocycles. The van der Waals surface area contributed by atoms with E-state index in [0.29, 0.717) is 0 Å². The smallest absolute Gasteiger partial charge is 0.237 e. The van der Waals surface area contributed by atoms with Crippen LogP contribution in [0.5, 0.6) is 0 Å². The highest BCUT2D eigenvalue weighted by Crippen LogP contribution is 2.13. The summed E-state index contributed by atoms with van der Waals surface area (Å²) in [5.74, 6) is 0.0789. The van der Waals surface area contributed by atoms with Gasteiger partial charge in [-0.2, -0.15) is 0 Å². The van der Waals surface area contributed by atoms with E-state index in [1.54, 1.807) is 0 Å². The average Bonchev–Trinajstić information content (AvgIpc) is 2.19. The molecule has 2 unspecified atom stereocenters. The first-order chi connectivity index (χ1) is 7.41. The van der Waals surface area contributed by atoms with E-state index in [1.165, 1.54) is 0 Å². The third kappa shape index (κ3) is 3.30. The van der Waals surface area contributed by atoms with Crippen LogP contribution in [0.1, 0.15) is 40.5 Å². The van der Waals surface area contributed by atoms with Gasteiger partial charge in [-0.3, -0.25) is 9.59 Å². The predicted octanol–water partition coefficient (Wildman–Crippen LogP) is 0.857. The van der Waals surface area contributed by atoms with E-state index in [1.807, 2.05) is 27.7 Å². The molecule has 0 aliphatic carbocycles. The van der Waals surface area contributed by atoms with Crippen molar-refractivity contribution in [3.8, 4) is 0 Å². The van der Waals surface area contributed by atoms with Gasteiger partial charge >= 0.3 is 0 Å². The second-order valence-corrected chi connectivity index (χ2v) is 5.07. The van der Waals surface area contributed by atoms with Gasteiger partial charge < -0.3 is 10.6 Å². The average molecular weight is 226 g/mol. The van der Waals surface area contributed by atoms with Gasteiger partial charge in [0.2, 0.25) is 5.91 Å². The van der Waals surface area contributed by atoms with Gasteiger partial charge in [0.05, 0.1) is 12.1 Å². The highest BCUT2D eigenvalue weighted by Gasteiger charge is 2.32. The molecule has 1 amide bonds. The van der Waals surface area contributed by atoms with Crippen LogP contribution in [-0.4, -0.2) is 29.8 Å². The van der Waals surface area contributed by atoms with Crippen molar-refractivity contribution in [2.24, 2.45) is 5.92 Å². The molecule has 1 saturated heterocycles. The maximum atomic E-state index is 11.7. The standard InChI is InChI=1S/C12H22N2O2/c1-7(2)11(15)9-5-6-10(12(16)14-9)13-8(3)4/h7-10,13H,5-6H2,1-4H3,(H,14,16). The lowest BCUT2D eigenvalue weighted by Crippen LogP contribution is -2.56. The highest BCUT2D eigenvalue weighted by molar-refractivity contribution is 5.92. The molecule has 0 spiro atoms. The Morgan fingerprint density at radius 3 is 2.38 bits per heavy atom. The van der Waals surface area contributed by atoms with E-state index in [9.17, 15) is 9.59 Å². The topological polar surface area (TPSA) is 58.2 Å². The number of hydrogen-bond donors (Lipinski definition) is 2. The van der Waals surface area contributed by atoms with Gasteiger partial charge in [-0.25, -0.2) is 0 Å². The van der Waals surface area contributed by atoms with Crippen molar-refractivity contribution in [2.45, 2.75) is 58.7 Å².